The van der Waals surface area contributed by atoms with E-state index in [-0.39, 0.29) is 18.4 Å². The number of piperazine rings is 1. The van der Waals surface area contributed by atoms with Crippen molar-refractivity contribution in [3.63, 3.8) is 0 Å². The van der Waals surface area contributed by atoms with Gasteiger partial charge in [0, 0.05) is 22.7 Å². The van der Waals surface area contributed by atoms with Gasteiger partial charge in [0.05, 0.1) is 32.8 Å². The van der Waals surface area contributed by atoms with Gasteiger partial charge in [-0.25, -0.2) is 4.79 Å². The van der Waals surface area contributed by atoms with Crippen molar-refractivity contribution in [2.24, 2.45) is 0 Å². The molecule has 1 fully saturated rings. The number of amides is 2. The molecule has 2 aromatic rings. The number of anilines is 1. The highest BCUT2D eigenvalue weighted by Crippen LogP contribution is 2.38. The molecule has 0 atom stereocenters. The molecule has 9 heteroatoms. The molecular weight excluding hydrogens is 398 g/mol. The molecule has 0 spiro atoms. The summed E-state index contributed by atoms with van der Waals surface area (Å²) in [5, 5.41) is 7.25. The first kappa shape index (κ1) is 20.5. The highest BCUT2D eigenvalue weighted by molar-refractivity contribution is 7.17. The van der Waals surface area contributed by atoms with Crippen LogP contribution in [-0.4, -0.2) is 62.0 Å². The highest BCUT2D eigenvalue weighted by atomic mass is 32.1. The van der Waals surface area contributed by atoms with Gasteiger partial charge in [0.15, 0.2) is 6.54 Å². The Hall–Kier alpha value is -2.23. The van der Waals surface area contributed by atoms with Crippen LogP contribution in [0, 0.1) is 0 Å². The maximum absolute atomic E-state index is 12.6. The minimum absolute atomic E-state index is 0.0715. The number of carbonyl (C=O) groups excluding carboxylic acids is 3. The van der Waals surface area contributed by atoms with Crippen molar-refractivity contribution in [2.45, 2.75) is 13.8 Å². The highest BCUT2D eigenvalue weighted by Gasteiger charge is 2.26. The first-order valence-corrected chi connectivity index (χ1v) is 11.0. The smallest absolute Gasteiger partial charge is 0.341 e. The second kappa shape index (κ2) is 9.31. The van der Waals surface area contributed by atoms with Crippen LogP contribution in [0.4, 0.5) is 5.00 Å². The summed E-state index contributed by atoms with van der Waals surface area (Å²) in [4.78, 5) is 40.4. The van der Waals surface area contributed by atoms with E-state index in [1.54, 1.807) is 18.7 Å². The lowest BCUT2D eigenvalue weighted by molar-refractivity contribution is -0.895. The Balaban J connectivity index is 1.69. The number of nitrogens with one attached hydrogen (secondary N) is 2. The zero-order valence-corrected chi connectivity index (χ0v) is 17.6. The van der Waals surface area contributed by atoms with Gasteiger partial charge in [0.25, 0.3) is 5.91 Å². The number of nitrogens with zero attached hydrogens (tertiary/aromatic N) is 1. The number of hydrogen-bond donors (Lipinski definition) is 2. The van der Waals surface area contributed by atoms with E-state index in [0.717, 1.165) is 28.4 Å². The van der Waals surface area contributed by atoms with Crippen molar-refractivity contribution in [1.29, 1.82) is 0 Å². The predicted octanol–water partition coefficient (Wildman–Crippen LogP) is 1.34. The second-order valence-corrected chi connectivity index (χ2v) is 8.36. The lowest BCUT2D eigenvalue weighted by Crippen LogP contribution is -3.15. The lowest BCUT2D eigenvalue weighted by Gasteiger charge is -2.31. The second-order valence-electron chi connectivity index (χ2n) is 6.53. The molecule has 0 bridgehead atoms. The van der Waals surface area contributed by atoms with Gasteiger partial charge in [-0.2, -0.15) is 0 Å². The van der Waals surface area contributed by atoms with Crippen LogP contribution in [0.3, 0.4) is 0 Å². The third-order valence-electron chi connectivity index (χ3n) is 4.64. The number of rotatable bonds is 6. The number of quaternary nitrogens is 1. The first-order valence-electron chi connectivity index (χ1n) is 9.21. The standard InChI is InChI=1S/C19H23N3O4S2/c1-3-26-19(25)17-14(15-5-4-10-27-15)12-28-18(17)20-16(24)11-21-6-8-22(9-7-21)13(2)23/h4-5,10,12H,3,6-9,11H2,1-2H3,(H,20,24)/p+1. The van der Waals surface area contributed by atoms with Crippen LogP contribution in [-0.2, 0) is 14.3 Å². The fraction of sp³-hybridized carbons (Fsp3) is 0.421. The maximum Gasteiger partial charge on any atom is 0.341 e. The molecule has 150 valence electrons. The Morgan fingerprint density at radius 2 is 2.00 bits per heavy atom. The summed E-state index contributed by atoms with van der Waals surface area (Å²) in [6.07, 6.45) is 0. The number of ether oxygens (including phenoxy) is 1. The van der Waals surface area contributed by atoms with Gasteiger partial charge in [0.1, 0.15) is 10.6 Å². The van der Waals surface area contributed by atoms with Crippen LogP contribution in [0.1, 0.15) is 24.2 Å². The fourth-order valence-corrected chi connectivity index (χ4v) is 4.97. The van der Waals surface area contributed by atoms with E-state index in [1.807, 2.05) is 22.9 Å². The summed E-state index contributed by atoms with van der Waals surface area (Å²) >= 11 is 2.87. The summed E-state index contributed by atoms with van der Waals surface area (Å²) in [7, 11) is 0. The summed E-state index contributed by atoms with van der Waals surface area (Å²) in [6, 6.07) is 3.87. The van der Waals surface area contributed by atoms with Crippen LogP contribution in [0.2, 0.25) is 0 Å². The topological polar surface area (TPSA) is 80.2 Å². The Labute approximate surface area is 171 Å². The average Bonchev–Trinajstić information content (AvgIpc) is 3.31. The van der Waals surface area contributed by atoms with Gasteiger partial charge in [0.2, 0.25) is 5.91 Å². The van der Waals surface area contributed by atoms with E-state index in [9.17, 15) is 14.4 Å². The molecule has 1 aliphatic rings. The van der Waals surface area contributed by atoms with Crippen molar-refractivity contribution in [3.05, 3.63) is 28.5 Å². The maximum atomic E-state index is 12.6. The third kappa shape index (κ3) is 4.78. The monoisotopic (exact) mass is 422 g/mol. The van der Waals surface area contributed by atoms with Gasteiger partial charge >= 0.3 is 5.97 Å². The van der Waals surface area contributed by atoms with E-state index in [1.165, 1.54) is 22.7 Å². The predicted molar refractivity (Wildman–Crippen MR) is 110 cm³/mol. The largest absolute Gasteiger partial charge is 0.462 e. The summed E-state index contributed by atoms with van der Waals surface area (Å²) in [5.74, 6) is -0.497. The molecule has 0 aliphatic carbocycles. The van der Waals surface area contributed by atoms with Gasteiger partial charge in [-0.1, -0.05) is 6.07 Å². The van der Waals surface area contributed by atoms with Gasteiger partial charge in [-0.05, 0) is 18.4 Å². The van der Waals surface area contributed by atoms with Crippen LogP contribution in [0.5, 0.6) is 0 Å². The first-order chi connectivity index (χ1) is 13.5. The molecule has 2 aromatic heterocycles. The summed E-state index contributed by atoms with van der Waals surface area (Å²) in [6.45, 7) is 6.71. The van der Waals surface area contributed by atoms with Crippen molar-refractivity contribution < 1.29 is 24.0 Å². The van der Waals surface area contributed by atoms with Crippen LogP contribution < -0.4 is 10.2 Å². The Bertz CT molecular complexity index is 839. The molecular formula is C19H24N3O4S2+. The molecule has 2 N–H and O–H groups in total. The normalized spacial score (nSPS) is 14.7. The zero-order valence-electron chi connectivity index (χ0n) is 15.9. The van der Waals surface area contributed by atoms with Crippen LogP contribution in [0.25, 0.3) is 10.4 Å². The van der Waals surface area contributed by atoms with Gasteiger partial charge in [-0.3, -0.25) is 9.59 Å². The molecule has 1 saturated heterocycles. The van der Waals surface area contributed by atoms with Crippen molar-refractivity contribution in [1.82, 2.24) is 4.90 Å². The number of hydrogen-bond acceptors (Lipinski definition) is 6. The van der Waals surface area contributed by atoms with E-state index in [0.29, 0.717) is 30.2 Å². The van der Waals surface area contributed by atoms with Crippen molar-refractivity contribution in [2.75, 3.05) is 44.6 Å². The average molecular weight is 423 g/mol. The minimum atomic E-state index is -0.426. The fourth-order valence-electron chi connectivity index (χ4n) is 3.18. The third-order valence-corrected chi connectivity index (χ3v) is 6.44. The summed E-state index contributed by atoms with van der Waals surface area (Å²) in [5.41, 5.74) is 1.20. The van der Waals surface area contributed by atoms with E-state index >= 15 is 0 Å². The molecule has 1 aliphatic heterocycles. The quantitative estimate of drug-likeness (QED) is 0.689. The van der Waals surface area contributed by atoms with E-state index in [2.05, 4.69) is 5.32 Å². The number of thiophene rings is 2. The molecule has 2 amide bonds. The Kier molecular flexibility index (Phi) is 6.82. The molecule has 0 radical (unpaired) electrons. The minimum Gasteiger partial charge on any atom is -0.462 e. The molecule has 3 rings (SSSR count). The van der Waals surface area contributed by atoms with Crippen molar-refractivity contribution >= 4 is 45.5 Å². The molecule has 7 nitrogen and oxygen atoms in total. The SMILES string of the molecule is CCOC(=O)c1c(-c2cccs2)csc1NC(=O)C[NH+]1CCN(C(C)=O)CC1. The number of esters is 1. The Morgan fingerprint density at radius 3 is 2.61 bits per heavy atom. The van der Waals surface area contributed by atoms with E-state index < -0.39 is 5.97 Å². The molecule has 0 unspecified atom stereocenters. The Morgan fingerprint density at radius 1 is 1.25 bits per heavy atom. The zero-order chi connectivity index (χ0) is 20.1. The van der Waals surface area contributed by atoms with Gasteiger partial charge in [-0.15, -0.1) is 22.7 Å². The molecule has 0 aromatic carbocycles. The van der Waals surface area contributed by atoms with Gasteiger partial charge < -0.3 is 19.9 Å². The van der Waals surface area contributed by atoms with Crippen LogP contribution in [0.15, 0.2) is 22.9 Å². The van der Waals surface area contributed by atoms with Crippen molar-refractivity contribution in [3.8, 4) is 10.4 Å². The summed E-state index contributed by atoms with van der Waals surface area (Å²) < 4.78 is 5.21. The van der Waals surface area contributed by atoms with Crippen LogP contribution >= 0.6 is 22.7 Å². The molecule has 0 saturated carbocycles. The molecule has 28 heavy (non-hydrogen) atoms. The molecule has 3 heterocycles. The van der Waals surface area contributed by atoms with E-state index in [4.69, 9.17) is 4.74 Å². The number of carbonyl (C=O) groups is 3. The lowest BCUT2D eigenvalue weighted by atomic mass is 10.1.